The number of rotatable bonds is 10. The molecule has 0 fully saturated rings. The average Bonchev–Trinajstić information content (AvgIpc) is 3.06. The zero-order chi connectivity index (χ0) is 20.8. The van der Waals surface area contributed by atoms with Gasteiger partial charge in [0.1, 0.15) is 4.83 Å². The van der Waals surface area contributed by atoms with Crippen LogP contribution < -0.4 is 10.9 Å². The number of hydrogen-bond acceptors (Lipinski definition) is 6. The highest BCUT2D eigenvalue weighted by Crippen LogP contribution is 2.34. The molecule has 3 rings (SSSR count). The summed E-state index contributed by atoms with van der Waals surface area (Å²) in [6, 6.07) is 0. The second-order valence-electron chi connectivity index (χ2n) is 7.89. The van der Waals surface area contributed by atoms with Crippen molar-refractivity contribution in [1.82, 2.24) is 19.8 Å². The third-order valence-electron chi connectivity index (χ3n) is 5.21. The van der Waals surface area contributed by atoms with E-state index in [0.717, 1.165) is 55.3 Å². The van der Waals surface area contributed by atoms with Gasteiger partial charge in [0.05, 0.1) is 11.1 Å². The molecule has 0 unspecified atom stereocenters. The van der Waals surface area contributed by atoms with E-state index in [-0.39, 0.29) is 11.5 Å². The molecule has 29 heavy (non-hydrogen) atoms. The normalized spacial score (nSPS) is 13.8. The summed E-state index contributed by atoms with van der Waals surface area (Å²) in [4.78, 5) is 34.7. The van der Waals surface area contributed by atoms with Crippen molar-refractivity contribution in [2.24, 2.45) is 0 Å². The number of amides is 1. The Morgan fingerprint density at radius 2 is 2.07 bits per heavy atom. The molecule has 0 bridgehead atoms. The number of nitrogens with zero attached hydrogens (tertiary/aromatic N) is 3. The summed E-state index contributed by atoms with van der Waals surface area (Å²) in [6.07, 6.45) is 7.29. The number of thioether (sulfide) groups is 1. The van der Waals surface area contributed by atoms with E-state index in [1.54, 1.807) is 15.9 Å². The Balaban J connectivity index is 1.87. The lowest BCUT2D eigenvalue weighted by atomic mass is 9.97. The highest BCUT2D eigenvalue weighted by atomic mass is 32.2. The summed E-state index contributed by atoms with van der Waals surface area (Å²) in [7, 11) is 4.07. The highest BCUT2D eigenvalue weighted by molar-refractivity contribution is 7.99. The lowest BCUT2D eigenvalue weighted by molar-refractivity contribution is -0.118. The van der Waals surface area contributed by atoms with Crippen molar-refractivity contribution in [3.8, 4) is 0 Å². The van der Waals surface area contributed by atoms with Crippen molar-refractivity contribution in [1.29, 1.82) is 0 Å². The molecule has 1 aliphatic rings. The van der Waals surface area contributed by atoms with Crippen molar-refractivity contribution in [3.63, 3.8) is 0 Å². The Bertz CT molecular complexity index is 904. The molecule has 6 nitrogen and oxygen atoms in total. The zero-order valence-corrected chi connectivity index (χ0v) is 19.4. The zero-order valence-electron chi connectivity index (χ0n) is 17.8. The average molecular weight is 437 g/mol. The van der Waals surface area contributed by atoms with Gasteiger partial charge in [0.15, 0.2) is 5.16 Å². The van der Waals surface area contributed by atoms with E-state index in [2.05, 4.69) is 17.1 Å². The first-order valence-electron chi connectivity index (χ1n) is 10.6. The van der Waals surface area contributed by atoms with Crippen molar-refractivity contribution >= 4 is 39.2 Å². The summed E-state index contributed by atoms with van der Waals surface area (Å²) >= 11 is 3.05. The van der Waals surface area contributed by atoms with Crippen molar-refractivity contribution in [3.05, 3.63) is 20.8 Å². The number of aromatic nitrogens is 2. The first-order valence-corrected chi connectivity index (χ1v) is 12.4. The van der Waals surface area contributed by atoms with E-state index in [1.807, 2.05) is 14.1 Å². The SMILES string of the molecule is CCCCNC(=O)CSc1nc2sc3c(c2c(=O)n1CCCN(C)C)CCCC3. The van der Waals surface area contributed by atoms with Crippen molar-refractivity contribution in [2.75, 3.05) is 32.9 Å². The maximum absolute atomic E-state index is 13.4. The molecule has 2 aromatic heterocycles. The molecule has 2 heterocycles. The molecule has 0 spiro atoms. The Morgan fingerprint density at radius 1 is 1.28 bits per heavy atom. The molecule has 2 aromatic rings. The largest absolute Gasteiger partial charge is 0.355 e. The molecule has 8 heteroatoms. The van der Waals surface area contributed by atoms with Crippen molar-refractivity contribution < 1.29 is 4.79 Å². The number of carbonyl (C=O) groups is 1. The lowest BCUT2D eigenvalue weighted by Gasteiger charge is -2.15. The Hall–Kier alpha value is -1.38. The van der Waals surface area contributed by atoms with Gasteiger partial charge in [0, 0.05) is 18.0 Å². The molecule has 1 amide bonds. The molecular formula is C21H32N4O2S2. The molecule has 0 aliphatic heterocycles. The van der Waals surface area contributed by atoms with E-state index in [1.165, 1.54) is 28.6 Å². The number of thiophene rings is 1. The van der Waals surface area contributed by atoms with Gasteiger partial charge in [-0.2, -0.15) is 0 Å². The van der Waals surface area contributed by atoms with Crippen LogP contribution in [-0.2, 0) is 24.2 Å². The summed E-state index contributed by atoms with van der Waals surface area (Å²) < 4.78 is 1.80. The molecular weight excluding hydrogens is 404 g/mol. The van der Waals surface area contributed by atoms with Gasteiger partial charge in [-0.1, -0.05) is 25.1 Å². The summed E-state index contributed by atoms with van der Waals surface area (Å²) in [6.45, 7) is 4.35. The van der Waals surface area contributed by atoms with E-state index in [0.29, 0.717) is 24.0 Å². The van der Waals surface area contributed by atoms with Gasteiger partial charge in [0.2, 0.25) is 5.91 Å². The maximum Gasteiger partial charge on any atom is 0.263 e. The molecule has 1 aliphatic carbocycles. The van der Waals surface area contributed by atoms with Crippen LogP contribution in [-0.4, -0.2) is 53.3 Å². The van der Waals surface area contributed by atoms with Crippen molar-refractivity contribution in [2.45, 2.75) is 63.6 Å². The van der Waals surface area contributed by atoms with Gasteiger partial charge in [-0.25, -0.2) is 4.98 Å². The van der Waals surface area contributed by atoms with Crippen LogP contribution >= 0.6 is 23.1 Å². The molecule has 0 saturated carbocycles. The number of hydrogen-bond donors (Lipinski definition) is 1. The Morgan fingerprint density at radius 3 is 2.83 bits per heavy atom. The number of nitrogens with one attached hydrogen (secondary N) is 1. The fourth-order valence-corrected chi connectivity index (χ4v) is 5.82. The summed E-state index contributed by atoms with van der Waals surface area (Å²) in [5, 5.41) is 4.44. The van der Waals surface area contributed by atoms with Crippen LogP contribution in [0.5, 0.6) is 0 Å². The Labute approximate surface area is 181 Å². The van der Waals surface area contributed by atoms with Gasteiger partial charge in [0.25, 0.3) is 5.56 Å². The molecule has 0 radical (unpaired) electrons. The minimum absolute atomic E-state index is 0.00288. The van der Waals surface area contributed by atoms with E-state index in [9.17, 15) is 9.59 Å². The lowest BCUT2D eigenvalue weighted by Crippen LogP contribution is -2.28. The third-order valence-corrected chi connectivity index (χ3v) is 7.37. The standard InChI is InChI=1S/C21H32N4O2S2/c1-4-5-11-22-17(26)14-28-21-23-19-18(15-9-6-7-10-16(15)29-19)20(27)25(21)13-8-12-24(2)3/h4-14H2,1-3H3,(H,22,26). The number of carbonyl (C=O) groups excluding carboxylic acids is 1. The first-order chi connectivity index (χ1) is 14.0. The number of aryl methyl sites for hydroxylation is 2. The van der Waals surface area contributed by atoms with Crippen LogP contribution in [0.15, 0.2) is 9.95 Å². The van der Waals surface area contributed by atoms with Crippen LogP contribution in [0.2, 0.25) is 0 Å². The van der Waals surface area contributed by atoms with E-state index < -0.39 is 0 Å². The van der Waals surface area contributed by atoms with Gasteiger partial charge in [-0.15, -0.1) is 11.3 Å². The molecule has 0 saturated heterocycles. The van der Waals surface area contributed by atoms with Crippen LogP contribution in [0.1, 0.15) is 49.5 Å². The second-order valence-corrected chi connectivity index (χ2v) is 9.92. The molecule has 160 valence electrons. The van der Waals surface area contributed by atoms with Gasteiger partial charge in [-0.3, -0.25) is 14.2 Å². The Kier molecular flexibility index (Phi) is 8.15. The van der Waals surface area contributed by atoms with Gasteiger partial charge < -0.3 is 10.2 Å². The minimum atomic E-state index is 0.00288. The fraction of sp³-hybridized carbons (Fsp3) is 0.667. The monoisotopic (exact) mass is 436 g/mol. The number of unbranched alkanes of at least 4 members (excludes halogenated alkanes) is 1. The van der Waals surface area contributed by atoms with Crippen LogP contribution in [0.4, 0.5) is 0 Å². The third kappa shape index (κ3) is 5.61. The van der Waals surface area contributed by atoms with Crippen LogP contribution in [0.25, 0.3) is 10.2 Å². The highest BCUT2D eigenvalue weighted by Gasteiger charge is 2.22. The number of fused-ring (bicyclic) bond motifs is 3. The summed E-state index contributed by atoms with van der Waals surface area (Å²) in [5.41, 5.74) is 1.30. The second kappa shape index (κ2) is 10.6. The van der Waals surface area contributed by atoms with E-state index >= 15 is 0 Å². The first kappa shape index (κ1) is 22.3. The van der Waals surface area contributed by atoms with Crippen LogP contribution in [0, 0.1) is 0 Å². The minimum Gasteiger partial charge on any atom is -0.355 e. The van der Waals surface area contributed by atoms with Gasteiger partial charge >= 0.3 is 0 Å². The van der Waals surface area contributed by atoms with Gasteiger partial charge in [-0.05, 0) is 64.7 Å². The summed E-state index contributed by atoms with van der Waals surface area (Å²) in [5.74, 6) is 0.295. The van der Waals surface area contributed by atoms with Crippen LogP contribution in [0.3, 0.4) is 0 Å². The fourth-order valence-electron chi connectivity index (χ4n) is 3.66. The quantitative estimate of drug-likeness (QED) is 0.352. The maximum atomic E-state index is 13.4. The predicted octanol–water partition coefficient (Wildman–Crippen LogP) is 3.30. The smallest absolute Gasteiger partial charge is 0.263 e. The predicted molar refractivity (Wildman–Crippen MR) is 122 cm³/mol. The molecule has 1 N–H and O–H groups in total. The molecule has 0 atom stereocenters. The van der Waals surface area contributed by atoms with E-state index in [4.69, 9.17) is 4.98 Å². The topological polar surface area (TPSA) is 67.2 Å². The molecule has 0 aromatic carbocycles.